The van der Waals surface area contributed by atoms with E-state index < -0.39 is 6.10 Å². The van der Waals surface area contributed by atoms with Crippen LogP contribution >= 0.6 is 0 Å². The van der Waals surface area contributed by atoms with Crippen LogP contribution in [0.4, 0.5) is 0 Å². The maximum atomic E-state index is 8.11. The second-order valence-corrected chi connectivity index (χ2v) is 3.55. The first kappa shape index (κ1) is 14.9. The van der Waals surface area contributed by atoms with E-state index in [1.165, 1.54) is 13.3 Å². The molecule has 92 valence electrons. The summed E-state index contributed by atoms with van der Waals surface area (Å²) in [5.41, 5.74) is 0. The molecule has 16 heavy (non-hydrogen) atoms. The molecule has 0 aliphatic carbocycles. The van der Waals surface area contributed by atoms with Gasteiger partial charge >= 0.3 is 0 Å². The van der Waals surface area contributed by atoms with E-state index in [-0.39, 0.29) is 6.61 Å². The number of aliphatic hydroxyl groups is 2. The summed E-state index contributed by atoms with van der Waals surface area (Å²) in [7, 11) is 0. The highest BCUT2D eigenvalue weighted by Crippen LogP contribution is 2.08. The molecule has 1 aromatic rings. The van der Waals surface area contributed by atoms with Gasteiger partial charge in [0, 0.05) is 0 Å². The third-order valence-corrected chi connectivity index (χ3v) is 1.77. The summed E-state index contributed by atoms with van der Waals surface area (Å²) >= 11 is 0. The number of hydrogen-bond acceptors (Lipinski definition) is 3. The van der Waals surface area contributed by atoms with Crippen LogP contribution in [-0.4, -0.2) is 29.5 Å². The topological polar surface area (TPSA) is 49.7 Å². The van der Waals surface area contributed by atoms with E-state index in [1.807, 2.05) is 30.3 Å². The lowest BCUT2D eigenvalue weighted by atomic mass is 10.3. The van der Waals surface area contributed by atoms with Gasteiger partial charge in [-0.25, -0.2) is 0 Å². The first-order valence-electron chi connectivity index (χ1n) is 5.67. The Kier molecular flexibility index (Phi) is 9.76. The van der Waals surface area contributed by atoms with Gasteiger partial charge in [-0.05, 0) is 25.5 Å². The van der Waals surface area contributed by atoms with Gasteiger partial charge in [-0.2, -0.15) is 0 Å². The summed E-state index contributed by atoms with van der Waals surface area (Å²) in [6.45, 7) is 4.38. The SMILES string of the molecule is CC(O)CO.CCCCOc1ccccc1. The largest absolute Gasteiger partial charge is 0.494 e. The van der Waals surface area contributed by atoms with Crippen molar-refractivity contribution in [3.05, 3.63) is 30.3 Å². The van der Waals surface area contributed by atoms with Gasteiger partial charge < -0.3 is 14.9 Å². The lowest BCUT2D eigenvalue weighted by molar-refractivity contribution is 0.110. The third kappa shape index (κ3) is 9.49. The minimum Gasteiger partial charge on any atom is -0.494 e. The summed E-state index contributed by atoms with van der Waals surface area (Å²) < 4.78 is 5.45. The Hall–Kier alpha value is -1.06. The van der Waals surface area contributed by atoms with Gasteiger partial charge in [-0.1, -0.05) is 31.5 Å². The molecule has 0 aliphatic heterocycles. The molecule has 0 saturated carbocycles. The Labute approximate surface area is 97.7 Å². The molecule has 0 saturated heterocycles. The molecule has 1 unspecified atom stereocenters. The predicted molar refractivity (Wildman–Crippen MR) is 65.6 cm³/mol. The Morgan fingerprint density at radius 3 is 2.25 bits per heavy atom. The van der Waals surface area contributed by atoms with Crippen LogP contribution < -0.4 is 4.74 Å². The average molecular weight is 226 g/mol. The molecular formula is C13H22O3. The Balaban J connectivity index is 0.000000385. The van der Waals surface area contributed by atoms with E-state index in [2.05, 4.69) is 6.92 Å². The maximum Gasteiger partial charge on any atom is 0.119 e. The zero-order valence-corrected chi connectivity index (χ0v) is 10.1. The molecule has 1 aromatic carbocycles. The molecule has 0 aliphatic rings. The summed E-state index contributed by atoms with van der Waals surface area (Å²) in [4.78, 5) is 0. The van der Waals surface area contributed by atoms with Crippen molar-refractivity contribution in [3.63, 3.8) is 0 Å². The van der Waals surface area contributed by atoms with Crippen molar-refractivity contribution >= 4 is 0 Å². The fraction of sp³-hybridized carbons (Fsp3) is 0.538. The highest BCUT2D eigenvalue weighted by molar-refractivity contribution is 5.20. The van der Waals surface area contributed by atoms with E-state index >= 15 is 0 Å². The van der Waals surface area contributed by atoms with E-state index in [4.69, 9.17) is 14.9 Å². The number of hydrogen-bond donors (Lipinski definition) is 2. The molecule has 0 fully saturated rings. The quantitative estimate of drug-likeness (QED) is 0.757. The number of aliphatic hydroxyl groups excluding tert-OH is 2. The van der Waals surface area contributed by atoms with Crippen molar-refractivity contribution < 1.29 is 14.9 Å². The Bertz CT molecular complexity index is 234. The fourth-order valence-corrected chi connectivity index (χ4v) is 0.851. The predicted octanol–water partition coefficient (Wildman–Crippen LogP) is 2.23. The minimum atomic E-state index is -0.560. The average Bonchev–Trinajstić information content (AvgIpc) is 2.31. The van der Waals surface area contributed by atoms with Crippen molar-refractivity contribution in [1.82, 2.24) is 0 Å². The number of para-hydroxylation sites is 1. The molecule has 3 nitrogen and oxygen atoms in total. The van der Waals surface area contributed by atoms with Crippen LogP contribution in [0.25, 0.3) is 0 Å². The van der Waals surface area contributed by atoms with E-state index in [0.717, 1.165) is 18.8 Å². The molecule has 0 amide bonds. The van der Waals surface area contributed by atoms with Crippen LogP contribution in [0.2, 0.25) is 0 Å². The molecule has 0 bridgehead atoms. The minimum absolute atomic E-state index is 0.139. The van der Waals surface area contributed by atoms with Gasteiger partial charge in [0.05, 0.1) is 19.3 Å². The first-order chi connectivity index (χ1) is 7.70. The first-order valence-corrected chi connectivity index (χ1v) is 5.67. The van der Waals surface area contributed by atoms with Gasteiger partial charge in [0.1, 0.15) is 5.75 Å². The van der Waals surface area contributed by atoms with Crippen LogP contribution in [0, 0.1) is 0 Å². The molecule has 3 heteroatoms. The van der Waals surface area contributed by atoms with Crippen molar-refractivity contribution in [1.29, 1.82) is 0 Å². The standard InChI is InChI=1S/C10H14O.C3H8O2/c1-2-3-9-11-10-7-5-4-6-8-10;1-3(5)2-4/h4-8H,2-3,9H2,1H3;3-5H,2H2,1H3. The summed E-state index contributed by atoms with van der Waals surface area (Å²) in [6.07, 6.45) is 1.76. The van der Waals surface area contributed by atoms with E-state index in [9.17, 15) is 0 Å². The van der Waals surface area contributed by atoms with Crippen LogP contribution in [0.15, 0.2) is 30.3 Å². The molecule has 0 radical (unpaired) electrons. The monoisotopic (exact) mass is 226 g/mol. The number of unbranched alkanes of at least 4 members (excludes halogenated alkanes) is 1. The molecule has 2 N–H and O–H groups in total. The van der Waals surface area contributed by atoms with Gasteiger partial charge in [0.25, 0.3) is 0 Å². The van der Waals surface area contributed by atoms with Crippen molar-refractivity contribution in [2.75, 3.05) is 13.2 Å². The Morgan fingerprint density at radius 2 is 1.81 bits per heavy atom. The van der Waals surface area contributed by atoms with Gasteiger partial charge in [0.2, 0.25) is 0 Å². The summed E-state index contributed by atoms with van der Waals surface area (Å²) in [5.74, 6) is 0.973. The molecule has 1 atom stereocenters. The number of ether oxygens (including phenoxy) is 1. The smallest absolute Gasteiger partial charge is 0.119 e. The second kappa shape index (κ2) is 10.5. The van der Waals surface area contributed by atoms with Crippen LogP contribution in [-0.2, 0) is 0 Å². The van der Waals surface area contributed by atoms with Crippen molar-refractivity contribution in [2.45, 2.75) is 32.8 Å². The van der Waals surface area contributed by atoms with Crippen LogP contribution in [0.1, 0.15) is 26.7 Å². The Morgan fingerprint density at radius 1 is 1.25 bits per heavy atom. The molecule has 0 spiro atoms. The fourth-order valence-electron chi connectivity index (χ4n) is 0.851. The highest BCUT2D eigenvalue weighted by atomic mass is 16.5. The second-order valence-electron chi connectivity index (χ2n) is 3.55. The third-order valence-electron chi connectivity index (χ3n) is 1.77. The van der Waals surface area contributed by atoms with Crippen molar-refractivity contribution in [2.24, 2.45) is 0 Å². The highest BCUT2D eigenvalue weighted by Gasteiger charge is 1.88. The van der Waals surface area contributed by atoms with Crippen LogP contribution in [0.5, 0.6) is 5.75 Å². The van der Waals surface area contributed by atoms with E-state index in [1.54, 1.807) is 0 Å². The maximum absolute atomic E-state index is 8.11. The number of rotatable bonds is 5. The lowest BCUT2D eigenvalue weighted by Crippen LogP contribution is -2.03. The molecular weight excluding hydrogens is 204 g/mol. The van der Waals surface area contributed by atoms with Gasteiger partial charge in [0.15, 0.2) is 0 Å². The van der Waals surface area contributed by atoms with Crippen LogP contribution in [0.3, 0.4) is 0 Å². The zero-order chi connectivity index (χ0) is 12.2. The van der Waals surface area contributed by atoms with E-state index in [0.29, 0.717) is 0 Å². The number of benzene rings is 1. The zero-order valence-electron chi connectivity index (χ0n) is 10.1. The summed E-state index contributed by atoms with van der Waals surface area (Å²) in [5, 5.41) is 16.0. The van der Waals surface area contributed by atoms with Gasteiger partial charge in [-0.3, -0.25) is 0 Å². The molecule has 0 aromatic heterocycles. The molecule has 0 heterocycles. The van der Waals surface area contributed by atoms with Gasteiger partial charge in [-0.15, -0.1) is 0 Å². The van der Waals surface area contributed by atoms with Crippen molar-refractivity contribution in [3.8, 4) is 5.75 Å². The summed E-state index contributed by atoms with van der Waals surface area (Å²) in [6, 6.07) is 9.93. The molecule has 1 rings (SSSR count). The lowest BCUT2D eigenvalue weighted by Gasteiger charge is -2.03. The normalized spacial score (nSPS) is 11.2.